The number of fused-ring (bicyclic) bond motifs is 7. The third kappa shape index (κ3) is 2.04. The Morgan fingerprint density at radius 1 is 1.07 bits per heavy atom. The first kappa shape index (κ1) is 17.8. The van der Waals surface area contributed by atoms with Gasteiger partial charge in [0.05, 0.1) is 18.4 Å². The van der Waals surface area contributed by atoms with Gasteiger partial charge in [-0.05, 0) is 37.9 Å². The van der Waals surface area contributed by atoms with Crippen molar-refractivity contribution in [2.24, 2.45) is 11.8 Å². The second-order valence-corrected chi connectivity index (χ2v) is 8.92. The predicted octanol–water partition coefficient (Wildman–Crippen LogP) is 2.42. The highest BCUT2D eigenvalue weighted by molar-refractivity contribution is 6.15. The number of carbonyl (C=O) groups is 3. The molecule has 6 heteroatoms. The van der Waals surface area contributed by atoms with Crippen molar-refractivity contribution in [3.05, 3.63) is 65.2 Å². The van der Waals surface area contributed by atoms with Gasteiger partial charge < -0.3 is 5.32 Å². The molecule has 2 aromatic carbocycles. The number of benzene rings is 2. The largest absolute Gasteiger partial charge is 0.324 e. The van der Waals surface area contributed by atoms with Crippen LogP contribution in [-0.2, 0) is 26.5 Å². The number of likely N-dealkylation sites (tertiary alicyclic amines) is 1. The van der Waals surface area contributed by atoms with Gasteiger partial charge in [0.15, 0.2) is 0 Å². The summed E-state index contributed by atoms with van der Waals surface area (Å²) in [6.07, 6.45) is 1.78. The summed E-state index contributed by atoms with van der Waals surface area (Å²) in [6, 6.07) is 15.4. The number of hydrogen-bond donors (Lipinski definition) is 1. The Hall–Kier alpha value is -2.99. The second kappa shape index (κ2) is 6.01. The molecule has 0 radical (unpaired) electrons. The third-order valence-electron chi connectivity index (χ3n) is 7.42. The average Bonchev–Trinajstić information content (AvgIpc) is 3.44. The van der Waals surface area contributed by atoms with Crippen LogP contribution in [0, 0.1) is 18.8 Å². The van der Waals surface area contributed by atoms with Gasteiger partial charge in [0.25, 0.3) is 0 Å². The quantitative estimate of drug-likeness (QED) is 0.785. The van der Waals surface area contributed by atoms with E-state index in [0.717, 1.165) is 41.8 Å². The lowest BCUT2D eigenvalue weighted by atomic mass is 9.75. The topological polar surface area (TPSA) is 69.7 Å². The summed E-state index contributed by atoms with van der Waals surface area (Å²) in [5.74, 6) is -1.63. The van der Waals surface area contributed by atoms with Crippen molar-refractivity contribution in [1.82, 2.24) is 9.80 Å². The maximum atomic E-state index is 13.7. The van der Waals surface area contributed by atoms with Crippen LogP contribution in [0.1, 0.15) is 29.5 Å². The fourth-order valence-electron chi connectivity index (χ4n) is 6.30. The molecule has 1 N–H and O–H groups in total. The van der Waals surface area contributed by atoms with Gasteiger partial charge in [0, 0.05) is 17.3 Å². The number of nitrogens with one attached hydrogen (secondary N) is 1. The van der Waals surface area contributed by atoms with E-state index in [1.807, 2.05) is 55.5 Å². The van der Waals surface area contributed by atoms with E-state index < -0.39 is 17.4 Å². The molecule has 152 valence electrons. The summed E-state index contributed by atoms with van der Waals surface area (Å²) in [4.78, 5) is 44.3. The normalized spacial score (nSPS) is 32.0. The zero-order valence-corrected chi connectivity index (χ0v) is 16.8. The Balaban J connectivity index is 1.50. The van der Waals surface area contributed by atoms with E-state index in [4.69, 9.17) is 0 Å². The van der Waals surface area contributed by atoms with E-state index in [2.05, 4.69) is 10.2 Å². The van der Waals surface area contributed by atoms with Crippen molar-refractivity contribution >= 4 is 23.4 Å². The van der Waals surface area contributed by atoms with Gasteiger partial charge in [-0.3, -0.25) is 24.2 Å². The van der Waals surface area contributed by atoms with Crippen LogP contribution in [0.15, 0.2) is 48.5 Å². The highest BCUT2D eigenvalue weighted by Crippen LogP contribution is 2.60. The highest BCUT2D eigenvalue weighted by Gasteiger charge is 2.74. The number of imide groups is 1. The second-order valence-electron chi connectivity index (χ2n) is 8.92. The van der Waals surface area contributed by atoms with Gasteiger partial charge in [-0.15, -0.1) is 0 Å². The maximum Gasteiger partial charge on any atom is 0.250 e. The van der Waals surface area contributed by atoms with Gasteiger partial charge in [0.1, 0.15) is 5.54 Å². The smallest absolute Gasteiger partial charge is 0.250 e. The summed E-state index contributed by atoms with van der Waals surface area (Å²) >= 11 is 0. The minimum Gasteiger partial charge on any atom is -0.324 e. The van der Waals surface area contributed by atoms with Crippen molar-refractivity contribution in [3.8, 4) is 0 Å². The molecule has 0 aromatic heterocycles. The van der Waals surface area contributed by atoms with Gasteiger partial charge >= 0.3 is 0 Å². The van der Waals surface area contributed by atoms with E-state index in [9.17, 15) is 14.4 Å². The Morgan fingerprint density at radius 2 is 1.87 bits per heavy atom. The molecule has 3 saturated heterocycles. The predicted molar refractivity (Wildman–Crippen MR) is 110 cm³/mol. The van der Waals surface area contributed by atoms with Crippen molar-refractivity contribution in [1.29, 1.82) is 0 Å². The monoisotopic (exact) mass is 401 g/mol. The number of anilines is 1. The van der Waals surface area contributed by atoms with E-state index in [1.54, 1.807) is 0 Å². The standard InChI is InChI=1S/C24H23N3O3/c1-14-9-10-17-16(12-14)24(23(30)25-17)20-19(18-8-5-11-27(18)24)21(28)26(22(20)29)13-15-6-3-2-4-7-15/h2-4,6-7,9-10,12,18-20H,5,8,11,13H2,1H3,(H,25,30)/t18-,19+,20-,24+/m0/s1. The summed E-state index contributed by atoms with van der Waals surface area (Å²) in [5.41, 5.74) is 2.50. The molecule has 0 bridgehead atoms. The fraction of sp³-hybridized carbons (Fsp3) is 0.375. The molecule has 6 rings (SSSR count). The van der Waals surface area contributed by atoms with Gasteiger partial charge in [-0.2, -0.15) is 0 Å². The summed E-state index contributed by atoms with van der Waals surface area (Å²) < 4.78 is 0. The Kier molecular flexibility index (Phi) is 3.58. The molecule has 4 atom stereocenters. The number of hydrogen-bond acceptors (Lipinski definition) is 4. The molecule has 30 heavy (non-hydrogen) atoms. The molecule has 3 fully saturated rings. The van der Waals surface area contributed by atoms with Crippen LogP contribution in [0.25, 0.3) is 0 Å². The Bertz CT molecular complexity index is 1100. The fourth-order valence-corrected chi connectivity index (χ4v) is 6.30. The van der Waals surface area contributed by atoms with E-state index >= 15 is 0 Å². The lowest BCUT2D eigenvalue weighted by Crippen LogP contribution is -2.54. The van der Waals surface area contributed by atoms with Crippen LogP contribution in [0.4, 0.5) is 5.69 Å². The average molecular weight is 401 g/mol. The van der Waals surface area contributed by atoms with Gasteiger partial charge in [-0.25, -0.2) is 0 Å². The van der Waals surface area contributed by atoms with Crippen molar-refractivity contribution in [2.75, 3.05) is 11.9 Å². The molecule has 0 unspecified atom stereocenters. The first-order valence-electron chi connectivity index (χ1n) is 10.6. The molecule has 6 nitrogen and oxygen atoms in total. The van der Waals surface area contributed by atoms with E-state index in [-0.39, 0.29) is 30.3 Å². The highest BCUT2D eigenvalue weighted by atomic mass is 16.2. The molecule has 4 aliphatic rings. The lowest BCUT2D eigenvalue weighted by molar-refractivity contribution is -0.146. The minimum absolute atomic E-state index is 0.0653. The van der Waals surface area contributed by atoms with Crippen LogP contribution >= 0.6 is 0 Å². The zero-order valence-electron chi connectivity index (χ0n) is 16.8. The van der Waals surface area contributed by atoms with Crippen LogP contribution in [0.2, 0.25) is 0 Å². The van der Waals surface area contributed by atoms with E-state index in [1.165, 1.54) is 4.90 Å². The molecule has 2 aromatic rings. The van der Waals surface area contributed by atoms with Gasteiger partial charge in [0.2, 0.25) is 17.7 Å². The first-order chi connectivity index (χ1) is 14.5. The Morgan fingerprint density at radius 3 is 2.67 bits per heavy atom. The van der Waals surface area contributed by atoms with Crippen LogP contribution in [0.3, 0.4) is 0 Å². The number of nitrogens with zero attached hydrogens (tertiary/aromatic N) is 2. The van der Waals surface area contributed by atoms with E-state index in [0.29, 0.717) is 0 Å². The number of rotatable bonds is 2. The molecule has 4 aliphatic heterocycles. The summed E-state index contributed by atoms with van der Waals surface area (Å²) in [6.45, 7) is 2.99. The first-order valence-corrected chi connectivity index (χ1v) is 10.6. The number of amides is 3. The summed E-state index contributed by atoms with van der Waals surface area (Å²) in [7, 11) is 0. The molecule has 0 saturated carbocycles. The van der Waals surface area contributed by atoms with Gasteiger partial charge in [-0.1, -0.05) is 48.0 Å². The SMILES string of the molecule is Cc1ccc2c(c1)[C@]1(C(=O)N2)[C@@H]2C(=O)N(Cc3ccccc3)C(=O)[C@@H]2[C@@H]2CCCN21. The minimum atomic E-state index is -1.08. The molecule has 4 heterocycles. The molecule has 3 amide bonds. The maximum absolute atomic E-state index is 13.7. The molecular formula is C24H23N3O3. The number of aryl methyl sites for hydroxylation is 1. The van der Waals surface area contributed by atoms with Crippen molar-refractivity contribution in [2.45, 2.75) is 37.9 Å². The zero-order chi connectivity index (χ0) is 20.6. The Labute approximate surface area is 174 Å². The molecular weight excluding hydrogens is 378 g/mol. The van der Waals surface area contributed by atoms with Crippen molar-refractivity contribution in [3.63, 3.8) is 0 Å². The van der Waals surface area contributed by atoms with Crippen LogP contribution in [0.5, 0.6) is 0 Å². The third-order valence-corrected chi connectivity index (χ3v) is 7.42. The molecule has 0 aliphatic carbocycles. The van der Waals surface area contributed by atoms with Crippen LogP contribution < -0.4 is 5.32 Å². The van der Waals surface area contributed by atoms with Crippen LogP contribution in [-0.4, -0.2) is 40.1 Å². The van der Waals surface area contributed by atoms with Crippen molar-refractivity contribution < 1.29 is 14.4 Å². The lowest BCUT2D eigenvalue weighted by Gasteiger charge is -2.36. The molecule has 1 spiro atoms. The number of carbonyl (C=O) groups excluding carboxylic acids is 3. The summed E-state index contributed by atoms with van der Waals surface area (Å²) in [5, 5.41) is 3.02.